The van der Waals surface area contributed by atoms with Crippen molar-refractivity contribution in [3.63, 3.8) is 0 Å². The lowest BCUT2D eigenvalue weighted by molar-refractivity contribution is -0.126. The summed E-state index contributed by atoms with van der Waals surface area (Å²) in [5.74, 6) is 0.466. The van der Waals surface area contributed by atoms with Crippen molar-refractivity contribution < 1.29 is 14.3 Å². The maximum absolute atomic E-state index is 13.2. The lowest BCUT2D eigenvalue weighted by Gasteiger charge is -2.39. The standard InChI is InChI=1S/C33H35ClN4O3/c1-22-11-14-30(32(39)36-22)38-20-25-17-26(12-13-27(25)33(38)40)41-31-21-37(19-23-7-3-2-4-8-23)16-15-29(31)35-18-24-9-5-6-10-28(24)34/h2-10,12-13,17,29-31,35H,1,11,14-16,18-21H2,(H,36,39). The van der Waals surface area contributed by atoms with E-state index >= 15 is 0 Å². The van der Waals surface area contributed by atoms with Gasteiger partial charge in [0.15, 0.2) is 0 Å². The third kappa shape index (κ3) is 6.17. The van der Waals surface area contributed by atoms with E-state index in [0.717, 1.165) is 48.0 Å². The molecule has 3 aliphatic rings. The van der Waals surface area contributed by atoms with Gasteiger partial charge in [-0.2, -0.15) is 0 Å². The summed E-state index contributed by atoms with van der Waals surface area (Å²) in [5.41, 5.74) is 4.57. The first-order valence-electron chi connectivity index (χ1n) is 14.3. The fourth-order valence-corrected chi connectivity index (χ4v) is 6.28. The molecule has 2 N–H and O–H groups in total. The van der Waals surface area contributed by atoms with Crippen molar-refractivity contribution in [2.45, 2.75) is 57.1 Å². The van der Waals surface area contributed by atoms with Crippen LogP contribution in [-0.4, -0.2) is 52.9 Å². The molecule has 3 heterocycles. The van der Waals surface area contributed by atoms with Gasteiger partial charge in [-0.3, -0.25) is 14.5 Å². The number of ether oxygens (including phenoxy) is 1. The van der Waals surface area contributed by atoms with Crippen LogP contribution < -0.4 is 15.4 Å². The minimum absolute atomic E-state index is 0.101. The van der Waals surface area contributed by atoms with Crippen LogP contribution in [0.3, 0.4) is 0 Å². The number of allylic oxidation sites excluding steroid dienone is 1. The molecule has 0 aliphatic carbocycles. The van der Waals surface area contributed by atoms with Gasteiger partial charge in [0.1, 0.15) is 17.9 Å². The number of fused-ring (bicyclic) bond motifs is 1. The number of benzene rings is 3. The number of nitrogens with zero attached hydrogens (tertiary/aromatic N) is 2. The summed E-state index contributed by atoms with van der Waals surface area (Å²) in [6.45, 7) is 7.50. The van der Waals surface area contributed by atoms with Gasteiger partial charge >= 0.3 is 0 Å². The summed E-state index contributed by atoms with van der Waals surface area (Å²) in [6.07, 6.45) is 2.10. The van der Waals surface area contributed by atoms with Crippen molar-refractivity contribution in [1.82, 2.24) is 20.4 Å². The van der Waals surface area contributed by atoms with Crippen molar-refractivity contribution in [1.29, 1.82) is 0 Å². The maximum atomic E-state index is 13.2. The molecule has 8 heteroatoms. The summed E-state index contributed by atoms with van der Waals surface area (Å²) >= 11 is 6.43. The average molecular weight is 571 g/mol. The number of hydrogen-bond donors (Lipinski definition) is 2. The number of hydrogen-bond acceptors (Lipinski definition) is 5. The first-order chi connectivity index (χ1) is 19.9. The van der Waals surface area contributed by atoms with Gasteiger partial charge in [-0.15, -0.1) is 0 Å². The minimum Gasteiger partial charge on any atom is -0.487 e. The van der Waals surface area contributed by atoms with E-state index in [2.05, 4.69) is 46.4 Å². The van der Waals surface area contributed by atoms with Gasteiger partial charge < -0.3 is 20.3 Å². The first-order valence-corrected chi connectivity index (χ1v) is 14.6. The third-order valence-corrected chi connectivity index (χ3v) is 8.67. The number of rotatable bonds is 8. The second kappa shape index (κ2) is 12.1. The number of carbonyl (C=O) groups is 2. The number of carbonyl (C=O) groups excluding carboxylic acids is 2. The largest absolute Gasteiger partial charge is 0.487 e. The summed E-state index contributed by atoms with van der Waals surface area (Å²) in [7, 11) is 0. The van der Waals surface area contributed by atoms with E-state index in [1.54, 1.807) is 4.90 Å². The predicted octanol–water partition coefficient (Wildman–Crippen LogP) is 4.90. The van der Waals surface area contributed by atoms with E-state index in [4.69, 9.17) is 16.3 Å². The van der Waals surface area contributed by atoms with Crippen LogP contribution in [0.25, 0.3) is 0 Å². The molecule has 0 aromatic heterocycles. The van der Waals surface area contributed by atoms with Crippen LogP contribution in [0.4, 0.5) is 0 Å². The Balaban J connectivity index is 1.17. The Labute approximate surface area is 246 Å². The zero-order valence-corrected chi connectivity index (χ0v) is 23.8. The zero-order valence-electron chi connectivity index (χ0n) is 23.0. The smallest absolute Gasteiger partial charge is 0.255 e. The normalized spacial score (nSPS) is 22.9. The Morgan fingerprint density at radius 1 is 1.02 bits per heavy atom. The summed E-state index contributed by atoms with van der Waals surface area (Å²) in [6, 6.07) is 23.7. The number of halogens is 1. The third-order valence-electron chi connectivity index (χ3n) is 8.30. The van der Waals surface area contributed by atoms with Gasteiger partial charge in [-0.05, 0) is 60.2 Å². The predicted molar refractivity (Wildman–Crippen MR) is 159 cm³/mol. The molecule has 2 saturated heterocycles. The molecular weight excluding hydrogens is 536 g/mol. The van der Waals surface area contributed by atoms with E-state index in [1.165, 1.54) is 5.56 Å². The summed E-state index contributed by atoms with van der Waals surface area (Å²) in [5, 5.41) is 7.25. The van der Waals surface area contributed by atoms with Gasteiger partial charge in [0.2, 0.25) is 5.91 Å². The molecule has 2 fully saturated rings. The highest BCUT2D eigenvalue weighted by atomic mass is 35.5. The molecule has 3 atom stereocenters. The first kappa shape index (κ1) is 27.5. The maximum Gasteiger partial charge on any atom is 0.255 e. The molecule has 7 nitrogen and oxygen atoms in total. The van der Waals surface area contributed by atoms with E-state index < -0.39 is 6.04 Å². The number of amides is 2. The molecule has 3 aliphatic heterocycles. The highest BCUT2D eigenvalue weighted by Gasteiger charge is 2.38. The van der Waals surface area contributed by atoms with E-state index in [-0.39, 0.29) is 24.0 Å². The second-order valence-electron chi connectivity index (χ2n) is 11.1. The molecule has 41 heavy (non-hydrogen) atoms. The van der Waals surface area contributed by atoms with Gasteiger partial charge in [0, 0.05) is 55.0 Å². The molecule has 6 rings (SSSR count). The van der Waals surface area contributed by atoms with Crippen molar-refractivity contribution in [2.24, 2.45) is 0 Å². The van der Waals surface area contributed by atoms with E-state index in [0.29, 0.717) is 37.2 Å². The molecule has 0 spiro atoms. The summed E-state index contributed by atoms with van der Waals surface area (Å²) < 4.78 is 6.67. The molecule has 2 amide bonds. The minimum atomic E-state index is -0.479. The molecule has 3 aromatic rings. The molecular formula is C33H35ClN4O3. The Bertz CT molecular complexity index is 1450. The molecule has 3 aromatic carbocycles. The summed E-state index contributed by atoms with van der Waals surface area (Å²) in [4.78, 5) is 29.9. The highest BCUT2D eigenvalue weighted by Crippen LogP contribution is 2.32. The number of piperidine rings is 2. The Morgan fingerprint density at radius 3 is 2.63 bits per heavy atom. The zero-order chi connectivity index (χ0) is 28.3. The van der Waals surface area contributed by atoms with Crippen molar-refractivity contribution in [2.75, 3.05) is 13.1 Å². The lowest BCUT2D eigenvalue weighted by atomic mass is 10.00. The van der Waals surface area contributed by atoms with Crippen molar-refractivity contribution in [3.8, 4) is 5.75 Å². The second-order valence-corrected chi connectivity index (χ2v) is 11.6. The fraction of sp³-hybridized carbons (Fsp3) is 0.333. The topological polar surface area (TPSA) is 73.9 Å². The molecule has 212 valence electrons. The van der Waals surface area contributed by atoms with Gasteiger partial charge in [0.05, 0.1) is 0 Å². The molecule has 0 bridgehead atoms. The highest BCUT2D eigenvalue weighted by molar-refractivity contribution is 6.31. The number of nitrogens with one attached hydrogen (secondary N) is 2. The van der Waals surface area contributed by atoms with Gasteiger partial charge in [-0.1, -0.05) is 66.7 Å². The van der Waals surface area contributed by atoms with Gasteiger partial charge in [-0.25, -0.2) is 0 Å². The Hall–Kier alpha value is -3.65. The molecule has 0 radical (unpaired) electrons. The van der Waals surface area contributed by atoms with Crippen LogP contribution in [0.1, 0.15) is 46.3 Å². The monoisotopic (exact) mass is 570 g/mol. The fourth-order valence-electron chi connectivity index (χ4n) is 6.08. The van der Waals surface area contributed by atoms with Crippen molar-refractivity contribution >= 4 is 23.4 Å². The van der Waals surface area contributed by atoms with Crippen LogP contribution in [0.2, 0.25) is 5.02 Å². The average Bonchev–Trinajstić information content (AvgIpc) is 3.29. The molecule has 0 saturated carbocycles. The van der Waals surface area contributed by atoms with Crippen LogP contribution >= 0.6 is 11.6 Å². The van der Waals surface area contributed by atoms with Crippen LogP contribution in [0, 0.1) is 0 Å². The van der Waals surface area contributed by atoms with Crippen LogP contribution in [0.15, 0.2) is 85.1 Å². The van der Waals surface area contributed by atoms with Gasteiger partial charge in [0.25, 0.3) is 5.91 Å². The quantitative estimate of drug-likeness (QED) is 0.403. The van der Waals surface area contributed by atoms with Crippen molar-refractivity contribution in [3.05, 3.63) is 112 Å². The van der Waals surface area contributed by atoms with E-state index in [9.17, 15) is 9.59 Å². The Morgan fingerprint density at radius 2 is 1.83 bits per heavy atom. The van der Waals surface area contributed by atoms with E-state index in [1.807, 2.05) is 48.5 Å². The lowest BCUT2D eigenvalue weighted by Crippen LogP contribution is -2.54. The Kier molecular flexibility index (Phi) is 8.10. The molecule has 3 unspecified atom stereocenters. The van der Waals surface area contributed by atoms with Crippen LogP contribution in [0.5, 0.6) is 5.75 Å². The van der Waals surface area contributed by atoms with Crippen LogP contribution in [-0.2, 0) is 24.4 Å². The number of likely N-dealkylation sites (tertiary alicyclic amines) is 1. The SMILES string of the molecule is C=C1CCC(N2Cc3cc(OC4CN(Cc5ccccc5)CCC4NCc4ccccc4Cl)ccc3C2=O)C(=O)N1.